The van der Waals surface area contributed by atoms with Crippen molar-refractivity contribution in [1.82, 2.24) is 9.88 Å². The van der Waals surface area contributed by atoms with E-state index < -0.39 is 0 Å². The molecule has 1 N–H and O–H groups in total. The van der Waals surface area contributed by atoms with Crippen molar-refractivity contribution in [3.8, 4) is 17.1 Å². The first kappa shape index (κ1) is 20.3. The molecule has 158 valence electrons. The van der Waals surface area contributed by atoms with Gasteiger partial charge in [0.1, 0.15) is 5.75 Å². The normalized spacial score (nSPS) is 14.9. The van der Waals surface area contributed by atoms with Crippen LogP contribution in [0.2, 0.25) is 0 Å². The number of likely N-dealkylation sites (N-methyl/N-ethyl adjacent to an activating group) is 1. The lowest BCUT2D eigenvalue weighted by Crippen LogP contribution is -2.44. The molecule has 1 aliphatic rings. The fraction of sp³-hybridized carbons (Fsp3) is 0.375. The van der Waals surface area contributed by atoms with E-state index in [-0.39, 0.29) is 0 Å². The quantitative estimate of drug-likeness (QED) is 0.604. The maximum absolute atomic E-state index is 5.92. The lowest BCUT2D eigenvalue weighted by Gasteiger charge is -2.34. The van der Waals surface area contributed by atoms with Crippen molar-refractivity contribution >= 4 is 17.4 Å². The van der Waals surface area contributed by atoms with Gasteiger partial charge in [-0.2, -0.15) is 0 Å². The van der Waals surface area contributed by atoms with Crippen LogP contribution < -0.4 is 15.0 Å². The van der Waals surface area contributed by atoms with Crippen LogP contribution in [0.3, 0.4) is 0 Å². The number of ether oxygens (including phenoxy) is 1. The van der Waals surface area contributed by atoms with Crippen LogP contribution in [0, 0.1) is 5.92 Å². The van der Waals surface area contributed by atoms with Crippen molar-refractivity contribution in [3.05, 3.63) is 54.7 Å². The van der Waals surface area contributed by atoms with E-state index in [4.69, 9.17) is 9.15 Å². The second-order valence-electron chi connectivity index (χ2n) is 8.22. The molecule has 0 radical (unpaired) electrons. The topological polar surface area (TPSA) is 53.8 Å². The van der Waals surface area contributed by atoms with Crippen molar-refractivity contribution in [2.45, 2.75) is 13.8 Å². The molecule has 1 aliphatic heterocycles. The van der Waals surface area contributed by atoms with E-state index in [0.29, 0.717) is 24.3 Å². The van der Waals surface area contributed by atoms with E-state index in [1.165, 1.54) is 5.69 Å². The van der Waals surface area contributed by atoms with Gasteiger partial charge in [-0.3, -0.25) is 0 Å². The van der Waals surface area contributed by atoms with Gasteiger partial charge in [0.2, 0.25) is 0 Å². The third kappa shape index (κ3) is 5.13. The van der Waals surface area contributed by atoms with Gasteiger partial charge in [0.05, 0.1) is 12.8 Å². The van der Waals surface area contributed by atoms with Crippen LogP contribution in [0.4, 0.5) is 17.4 Å². The second kappa shape index (κ2) is 9.22. The third-order valence-electron chi connectivity index (χ3n) is 5.19. The van der Waals surface area contributed by atoms with E-state index in [0.717, 1.165) is 43.2 Å². The Morgan fingerprint density at radius 2 is 1.83 bits per heavy atom. The average Bonchev–Trinajstić information content (AvgIpc) is 3.22. The summed E-state index contributed by atoms with van der Waals surface area (Å²) in [6.07, 6.45) is 1.74. The van der Waals surface area contributed by atoms with Crippen molar-refractivity contribution < 1.29 is 9.15 Å². The Morgan fingerprint density at radius 1 is 1.07 bits per heavy atom. The molecule has 0 saturated carbocycles. The van der Waals surface area contributed by atoms with Crippen LogP contribution >= 0.6 is 0 Å². The molecule has 1 aromatic heterocycles. The summed E-state index contributed by atoms with van der Waals surface area (Å²) < 4.78 is 11.7. The van der Waals surface area contributed by atoms with E-state index in [1.807, 2.05) is 24.3 Å². The third-order valence-corrected chi connectivity index (χ3v) is 5.19. The fourth-order valence-electron chi connectivity index (χ4n) is 3.41. The van der Waals surface area contributed by atoms with Crippen molar-refractivity contribution in [2.24, 2.45) is 5.92 Å². The smallest absolute Gasteiger partial charge is 0.299 e. The molecule has 6 nitrogen and oxygen atoms in total. The predicted molar refractivity (Wildman–Crippen MR) is 122 cm³/mol. The standard InChI is InChI=1S/C24H30N4O2/c1-18(2)17-29-22-6-4-5-19(15-22)23-16-25-24(30-23)26-20-7-9-21(10-8-20)28-13-11-27(3)12-14-28/h4-10,15-16,18H,11-14,17H2,1-3H3,(H,25,26). The summed E-state index contributed by atoms with van der Waals surface area (Å²) in [5.74, 6) is 2.03. The van der Waals surface area contributed by atoms with Crippen LogP contribution in [0.1, 0.15) is 13.8 Å². The first-order chi connectivity index (χ1) is 14.6. The van der Waals surface area contributed by atoms with E-state index in [9.17, 15) is 0 Å². The van der Waals surface area contributed by atoms with Gasteiger partial charge in [0, 0.05) is 43.1 Å². The zero-order chi connectivity index (χ0) is 20.9. The van der Waals surface area contributed by atoms with E-state index in [1.54, 1.807) is 6.20 Å². The number of anilines is 3. The number of piperazine rings is 1. The molecule has 1 fully saturated rings. The Morgan fingerprint density at radius 3 is 2.57 bits per heavy atom. The molecule has 0 aliphatic carbocycles. The molecule has 0 atom stereocenters. The number of hydrogen-bond donors (Lipinski definition) is 1. The Hall–Kier alpha value is -2.99. The average molecular weight is 407 g/mol. The highest BCUT2D eigenvalue weighted by atomic mass is 16.5. The number of benzene rings is 2. The summed E-state index contributed by atoms with van der Waals surface area (Å²) in [5.41, 5.74) is 3.15. The van der Waals surface area contributed by atoms with Gasteiger partial charge in [-0.1, -0.05) is 26.0 Å². The van der Waals surface area contributed by atoms with E-state index in [2.05, 4.69) is 65.3 Å². The summed E-state index contributed by atoms with van der Waals surface area (Å²) >= 11 is 0. The van der Waals surface area contributed by atoms with Gasteiger partial charge in [0.25, 0.3) is 6.01 Å². The minimum atomic E-state index is 0.478. The van der Waals surface area contributed by atoms with Gasteiger partial charge in [-0.15, -0.1) is 0 Å². The number of oxazole rings is 1. The highest BCUT2D eigenvalue weighted by Gasteiger charge is 2.14. The number of aromatic nitrogens is 1. The number of nitrogens with zero attached hydrogens (tertiary/aromatic N) is 3. The summed E-state index contributed by atoms with van der Waals surface area (Å²) in [6.45, 7) is 9.28. The molecule has 1 saturated heterocycles. The van der Waals surface area contributed by atoms with Gasteiger partial charge >= 0.3 is 0 Å². The molecular weight excluding hydrogens is 376 g/mol. The summed E-state index contributed by atoms with van der Waals surface area (Å²) in [4.78, 5) is 9.16. The molecular formula is C24H30N4O2. The number of nitrogens with one attached hydrogen (secondary N) is 1. The lowest BCUT2D eigenvalue weighted by molar-refractivity contribution is 0.271. The van der Waals surface area contributed by atoms with Gasteiger partial charge < -0.3 is 24.3 Å². The fourth-order valence-corrected chi connectivity index (χ4v) is 3.41. The summed E-state index contributed by atoms with van der Waals surface area (Å²) in [7, 11) is 2.17. The Bertz CT molecular complexity index is 944. The lowest BCUT2D eigenvalue weighted by atomic mass is 10.2. The predicted octanol–water partition coefficient (Wildman–Crippen LogP) is 4.87. The Balaban J connectivity index is 1.39. The van der Waals surface area contributed by atoms with Crippen LogP contribution in [0.25, 0.3) is 11.3 Å². The molecule has 0 bridgehead atoms. The molecule has 2 aromatic carbocycles. The van der Waals surface area contributed by atoms with Crippen LogP contribution in [0.5, 0.6) is 5.75 Å². The first-order valence-corrected chi connectivity index (χ1v) is 10.6. The molecule has 30 heavy (non-hydrogen) atoms. The number of rotatable bonds is 7. The minimum absolute atomic E-state index is 0.478. The molecule has 0 spiro atoms. The van der Waals surface area contributed by atoms with Gasteiger partial charge in [-0.05, 0) is 49.4 Å². The summed E-state index contributed by atoms with van der Waals surface area (Å²) in [5, 5.41) is 3.25. The maximum atomic E-state index is 5.92. The number of hydrogen-bond acceptors (Lipinski definition) is 6. The highest BCUT2D eigenvalue weighted by Crippen LogP contribution is 2.28. The molecule has 0 amide bonds. The SMILES string of the molecule is CC(C)COc1cccc(-c2cnc(Nc3ccc(N4CCN(C)CC4)cc3)o2)c1. The highest BCUT2D eigenvalue weighted by molar-refractivity contribution is 5.62. The summed E-state index contributed by atoms with van der Waals surface area (Å²) in [6, 6.07) is 16.8. The Labute approximate surface area is 178 Å². The zero-order valence-corrected chi connectivity index (χ0v) is 18.0. The van der Waals surface area contributed by atoms with E-state index >= 15 is 0 Å². The van der Waals surface area contributed by atoms with Gasteiger partial charge in [0.15, 0.2) is 5.76 Å². The molecule has 3 aromatic rings. The Kier molecular flexibility index (Phi) is 6.23. The van der Waals surface area contributed by atoms with Gasteiger partial charge in [-0.25, -0.2) is 4.98 Å². The van der Waals surface area contributed by atoms with Crippen molar-refractivity contribution in [1.29, 1.82) is 0 Å². The molecule has 2 heterocycles. The maximum Gasteiger partial charge on any atom is 0.299 e. The largest absolute Gasteiger partial charge is 0.493 e. The first-order valence-electron chi connectivity index (χ1n) is 10.6. The van der Waals surface area contributed by atoms with Crippen molar-refractivity contribution in [3.63, 3.8) is 0 Å². The van der Waals surface area contributed by atoms with Crippen LogP contribution in [0.15, 0.2) is 59.1 Å². The molecule has 4 rings (SSSR count). The van der Waals surface area contributed by atoms with Crippen LogP contribution in [-0.4, -0.2) is 49.7 Å². The zero-order valence-electron chi connectivity index (χ0n) is 18.0. The monoisotopic (exact) mass is 406 g/mol. The van der Waals surface area contributed by atoms with Crippen molar-refractivity contribution in [2.75, 3.05) is 50.1 Å². The molecule has 0 unspecified atom stereocenters. The minimum Gasteiger partial charge on any atom is -0.493 e. The second-order valence-corrected chi connectivity index (χ2v) is 8.22. The molecule has 6 heteroatoms. The van der Waals surface area contributed by atoms with Crippen LogP contribution in [-0.2, 0) is 0 Å².